The third kappa shape index (κ3) is 6.24. The van der Waals surface area contributed by atoms with E-state index in [1.165, 1.54) is 5.56 Å². The van der Waals surface area contributed by atoms with Crippen LogP contribution < -0.4 is 10.6 Å². The van der Waals surface area contributed by atoms with Crippen LogP contribution in [-0.4, -0.2) is 18.5 Å². The zero-order valence-electron chi connectivity index (χ0n) is 15.6. The SMILES string of the molecule is Cc1cc(C)c(NC(=O)CCCNC(=O)OCc2ccccc2)c(C)c1. The second-order valence-corrected chi connectivity index (χ2v) is 6.41. The van der Waals surface area contributed by atoms with Crippen LogP contribution in [-0.2, 0) is 16.1 Å². The Morgan fingerprint density at radius 1 is 1.00 bits per heavy atom. The minimum Gasteiger partial charge on any atom is -0.445 e. The van der Waals surface area contributed by atoms with Crippen LogP contribution in [0.15, 0.2) is 42.5 Å². The lowest BCUT2D eigenvalue weighted by atomic mass is 10.0. The summed E-state index contributed by atoms with van der Waals surface area (Å²) in [7, 11) is 0. The number of carbonyl (C=O) groups is 2. The Labute approximate surface area is 154 Å². The van der Waals surface area contributed by atoms with Crippen LogP contribution in [0.1, 0.15) is 35.1 Å². The average Bonchev–Trinajstić information content (AvgIpc) is 2.61. The van der Waals surface area contributed by atoms with Gasteiger partial charge in [-0.15, -0.1) is 0 Å². The molecule has 0 saturated carbocycles. The highest BCUT2D eigenvalue weighted by Crippen LogP contribution is 2.22. The van der Waals surface area contributed by atoms with E-state index in [4.69, 9.17) is 4.74 Å². The van der Waals surface area contributed by atoms with Crippen LogP contribution in [0.2, 0.25) is 0 Å². The highest BCUT2D eigenvalue weighted by molar-refractivity contribution is 5.92. The summed E-state index contributed by atoms with van der Waals surface area (Å²) in [6.45, 7) is 6.64. The van der Waals surface area contributed by atoms with E-state index in [1.54, 1.807) is 0 Å². The number of hydrogen-bond donors (Lipinski definition) is 2. The summed E-state index contributed by atoms with van der Waals surface area (Å²) in [5, 5.41) is 5.62. The standard InChI is InChI=1S/C21H26N2O3/c1-15-12-16(2)20(17(3)13-15)23-19(24)10-7-11-22-21(25)26-14-18-8-5-4-6-9-18/h4-6,8-9,12-13H,7,10-11,14H2,1-3H3,(H,22,25)(H,23,24). The Bertz CT molecular complexity index is 734. The molecule has 0 bridgehead atoms. The number of carbonyl (C=O) groups excluding carboxylic acids is 2. The number of rotatable bonds is 7. The quantitative estimate of drug-likeness (QED) is 0.730. The fourth-order valence-corrected chi connectivity index (χ4v) is 2.79. The van der Waals surface area contributed by atoms with Crippen LogP contribution in [0.5, 0.6) is 0 Å². The summed E-state index contributed by atoms with van der Waals surface area (Å²) in [4.78, 5) is 23.7. The van der Waals surface area contributed by atoms with Crippen molar-refractivity contribution in [3.8, 4) is 0 Å². The molecule has 2 rings (SSSR count). The highest BCUT2D eigenvalue weighted by atomic mass is 16.5. The van der Waals surface area contributed by atoms with Crippen LogP contribution in [0, 0.1) is 20.8 Å². The highest BCUT2D eigenvalue weighted by Gasteiger charge is 2.09. The molecule has 0 saturated heterocycles. The lowest BCUT2D eigenvalue weighted by Crippen LogP contribution is -2.26. The molecular formula is C21H26N2O3. The Morgan fingerprint density at radius 3 is 2.31 bits per heavy atom. The van der Waals surface area contributed by atoms with Crippen molar-refractivity contribution in [1.29, 1.82) is 0 Å². The topological polar surface area (TPSA) is 67.4 Å². The van der Waals surface area contributed by atoms with Gasteiger partial charge < -0.3 is 15.4 Å². The van der Waals surface area contributed by atoms with E-state index in [0.29, 0.717) is 19.4 Å². The maximum Gasteiger partial charge on any atom is 0.407 e. The molecule has 2 N–H and O–H groups in total. The van der Waals surface area contributed by atoms with Gasteiger partial charge in [-0.3, -0.25) is 4.79 Å². The van der Waals surface area contributed by atoms with Crippen molar-refractivity contribution in [2.75, 3.05) is 11.9 Å². The molecule has 0 aliphatic heterocycles. The third-order valence-electron chi connectivity index (χ3n) is 4.00. The van der Waals surface area contributed by atoms with Crippen molar-refractivity contribution < 1.29 is 14.3 Å². The van der Waals surface area contributed by atoms with Crippen molar-refractivity contribution in [3.63, 3.8) is 0 Å². The molecule has 2 aromatic carbocycles. The van der Waals surface area contributed by atoms with Gasteiger partial charge in [-0.1, -0.05) is 48.0 Å². The van der Waals surface area contributed by atoms with Crippen molar-refractivity contribution in [2.45, 2.75) is 40.2 Å². The van der Waals surface area contributed by atoms with Crippen molar-refractivity contribution >= 4 is 17.7 Å². The molecule has 0 unspecified atom stereocenters. The first-order valence-corrected chi connectivity index (χ1v) is 8.78. The Kier molecular flexibility index (Phi) is 7.21. The number of benzene rings is 2. The molecule has 5 nitrogen and oxygen atoms in total. The molecule has 0 spiro atoms. The first-order valence-electron chi connectivity index (χ1n) is 8.78. The Hall–Kier alpha value is -2.82. The lowest BCUT2D eigenvalue weighted by Gasteiger charge is -2.13. The van der Waals surface area contributed by atoms with E-state index in [-0.39, 0.29) is 12.5 Å². The van der Waals surface area contributed by atoms with Gasteiger partial charge in [0.2, 0.25) is 5.91 Å². The van der Waals surface area contributed by atoms with E-state index in [1.807, 2.05) is 63.2 Å². The number of hydrogen-bond acceptors (Lipinski definition) is 3. The smallest absolute Gasteiger partial charge is 0.407 e. The molecule has 0 fully saturated rings. The van der Waals surface area contributed by atoms with Gasteiger partial charge in [0.25, 0.3) is 0 Å². The van der Waals surface area contributed by atoms with Gasteiger partial charge in [0.05, 0.1) is 0 Å². The van der Waals surface area contributed by atoms with Crippen LogP contribution in [0.25, 0.3) is 0 Å². The Morgan fingerprint density at radius 2 is 1.65 bits per heavy atom. The van der Waals surface area contributed by atoms with E-state index in [9.17, 15) is 9.59 Å². The molecule has 0 radical (unpaired) electrons. The fraction of sp³-hybridized carbons (Fsp3) is 0.333. The molecule has 5 heteroatoms. The van der Waals surface area contributed by atoms with Crippen LogP contribution in [0.4, 0.5) is 10.5 Å². The van der Waals surface area contributed by atoms with Gasteiger partial charge in [0.15, 0.2) is 0 Å². The number of amides is 2. The zero-order chi connectivity index (χ0) is 18.9. The minimum atomic E-state index is -0.473. The van der Waals surface area contributed by atoms with E-state index in [0.717, 1.165) is 22.4 Å². The number of nitrogens with one attached hydrogen (secondary N) is 2. The van der Waals surface area contributed by atoms with Gasteiger partial charge in [0, 0.05) is 18.7 Å². The molecule has 138 valence electrons. The van der Waals surface area contributed by atoms with Crippen molar-refractivity contribution in [2.24, 2.45) is 0 Å². The number of anilines is 1. The summed E-state index contributed by atoms with van der Waals surface area (Å²) in [5.41, 5.74) is 5.09. The van der Waals surface area contributed by atoms with Gasteiger partial charge in [-0.2, -0.15) is 0 Å². The predicted octanol–water partition coefficient (Wildman–Crippen LogP) is 4.26. The normalized spacial score (nSPS) is 10.3. The summed E-state index contributed by atoms with van der Waals surface area (Å²) in [6.07, 6.45) is 0.418. The first-order chi connectivity index (χ1) is 12.5. The maximum atomic E-state index is 12.1. The lowest BCUT2D eigenvalue weighted by molar-refractivity contribution is -0.116. The molecule has 0 atom stereocenters. The first kappa shape index (κ1) is 19.5. The summed E-state index contributed by atoms with van der Waals surface area (Å²) >= 11 is 0. The Balaban J connectivity index is 1.66. The number of ether oxygens (including phenoxy) is 1. The largest absolute Gasteiger partial charge is 0.445 e. The van der Waals surface area contributed by atoms with Crippen molar-refractivity contribution in [1.82, 2.24) is 5.32 Å². The average molecular weight is 354 g/mol. The fourth-order valence-electron chi connectivity index (χ4n) is 2.79. The van der Waals surface area contributed by atoms with Gasteiger partial charge in [-0.25, -0.2) is 4.79 Å². The third-order valence-corrected chi connectivity index (χ3v) is 4.00. The van der Waals surface area contributed by atoms with Gasteiger partial charge in [0.1, 0.15) is 6.61 Å². The summed E-state index contributed by atoms with van der Waals surface area (Å²) < 4.78 is 5.12. The minimum absolute atomic E-state index is 0.0560. The van der Waals surface area contributed by atoms with Gasteiger partial charge >= 0.3 is 6.09 Å². The molecule has 2 amide bonds. The molecule has 0 aliphatic carbocycles. The molecule has 0 aromatic heterocycles. The molecule has 26 heavy (non-hydrogen) atoms. The zero-order valence-corrected chi connectivity index (χ0v) is 15.6. The molecule has 0 heterocycles. The van der Waals surface area contributed by atoms with E-state index < -0.39 is 6.09 Å². The number of alkyl carbamates (subject to hydrolysis) is 1. The molecule has 0 aliphatic rings. The van der Waals surface area contributed by atoms with Crippen LogP contribution >= 0.6 is 0 Å². The van der Waals surface area contributed by atoms with Crippen molar-refractivity contribution in [3.05, 3.63) is 64.7 Å². The van der Waals surface area contributed by atoms with E-state index in [2.05, 4.69) is 10.6 Å². The summed E-state index contributed by atoms with van der Waals surface area (Å²) in [5.74, 6) is -0.0560. The molecule has 2 aromatic rings. The van der Waals surface area contributed by atoms with Crippen LogP contribution in [0.3, 0.4) is 0 Å². The summed E-state index contributed by atoms with van der Waals surface area (Å²) in [6, 6.07) is 13.6. The second kappa shape index (κ2) is 9.61. The monoisotopic (exact) mass is 354 g/mol. The molecular weight excluding hydrogens is 328 g/mol. The predicted molar refractivity (Wildman–Crippen MR) is 103 cm³/mol. The van der Waals surface area contributed by atoms with E-state index >= 15 is 0 Å². The second-order valence-electron chi connectivity index (χ2n) is 6.41. The van der Waals surface area contributed by atoms with Gasteiger partial charge in [-0.05, 0) is 43.9 Å². The maximum absolute atomic E-state index is 12.1. The number of aryl methyl sites for hydroxylation is 3.